The van der Waals surface area contributed by atoms with Gasteiger partial charge in [0.2, 0.25) is 0 Å². The van der Waals surface area contributed by atoms with Gasteiger partial charge >= 0.3 is 0 Å². The van der Waals surface area contributed by atoms with E-state index in [9.17, 15) is 4.79 Å². The average molecular weight is 269 g/mol. The Bertz CT molecular complexity index is 605. The summed E-state index contributed by atoms with van der Waals surface area (Å²) in [5, 5.41) is 7.44. The number of carbonyl (C=O) groups is 1. The van der Waals surface area contributed by atoms with Crippen molar-refractivity contribution in [2.24, 2.45) is 0 Å². The highest BCUT2D eigenvalue weighted by Gasteiger charge is 2.14. The molecule has 4 heteroatoms. The summed E-state index contributed by atoms with van der Waals surface area (Å²) in [4.78, 5) is 16.5. The van der Waals surface area contributed by atoms with Crippen molar-refractivity contribution in [3.63, 3.8) is 0 Å². The van der Waals surface area contributed by atoms with E-state index in [1.807, 2.05) is 30.3 Å². The lowest BCUT2D eigenvalue weighted by atomic mass is 10.1. The number of para-hydroxylation sites is 1. The molecule has 0 aliphatic carbocycles. The maximum atomic E-state index is 12.1. The van der Waals surface area contributed by atoms with Crippen molar-refractivity contribution in [3.05, 3.63) is 42.1 Å². The maximum Gasteiger partial charge on any atom is 0.269 e. The van der Waals surface area contributed by atoms with Crippen LogP contribution in [-0.2, 0) is 0 Å². The van der Waals surface area contributed by atoms with Crippen LogP contribution in [-0.4, -0.2) is 30.0 Å². The number of hydrogen-bond acceptors (Lipinski definition) is 3. The predicted octanol–water partition coefficient (Wildman–Crippen LogP) is 2.11. The van der Waals surface area contributed by atoms with E-state index in [1.54, 1.807) is 6.07 Å². The lowest BCUT2D eigenvalue weighted by Crippen LogP contribution is -2.43. The zero-order valence-corrected chi connectivity index (χ0v) is 11.4. The highest BCUT2D eigenvalue weighted by Crippen LogP contribution is 2.12. The van der Waals surface area contributed by atoms with Crippen molar-refractivity contribution < 1.29 is 4.79 Å². The summed E-state index contributed by atoms with van der Waals surface area (Å²) >= 11 is 0. The molecule has 1 fully saturated rings. The van der Waals surface area contributed by atoms with Crippen molar-refractivity contribution in [1.29, 1.82) is 0 Å². The van der Waals surface area contributed by atoms with Gasteiger partial charge in [0.15, 0.2) is 0 Å². The molecule has 1 aliphatic heterocycles. The third kappa shape index (κ3) is 2.96. The van der Waals surface area contributed by atoms with Gasteiger partial charge in [0.05, 0.1) is 5.52 Å². The Morgan fingerprint density at radius 2 is 2.15 bits per heavy atom. The largest absolute Gasteiger partial charge is 0.349 e. The average Bonchev–Trinajstić information content (AvgIpc) is 2.53. The van der Waals surface area contributed by atoms with Crippen molar-refractivity contribution in [2.75, 3.05) is 13.1 Å². The quantitative estimate of drug-likeness (QED) is 0.897. The second kappa shape index (κ2) is 6.01. The Balaban J connectivity index is 1.65. The Morgan fingerprint density at radius 1 is 1.25 bits per heavy atom. The number of benzene rings is 1. The number of hydrogen-bond donors (Lipinski definition) is 2. The summed E-state index contributed by atoms with van der Waals surface area (Å²) in [6, 6.07) is 11.9. The van der Waals surface area contributed by atoms with E-state index in [4.69, 9.17) is 0 Å². The normalized spacial score (nSPS) is 18.9. The first-order chi connectivity index (χ1) is 9.83. The fourth-order valence-corrected chi connectivity index (χ4v) is 2.60. The minimum atomic E-state index is -0.0943. The molecule has 2 N–H and O–H groups in total. The van der Waals surface area contributed by atoms with E-state index >= 15 is 0 Å². The minimum absolute atomic E-state index is 0.0943. The van der Waals surface area contributed by atoms with E-state index in [1.165, 1.54) is 12.8 Å². The summed E-state index contributed by atoms with van der Waals surface area (Å²) in [7, 11) is 0. The van der Waals surface area contributed by atoms with Gasteiger partial charge in [-0.05, 0) is 31.5 Å². The number of nitrogens with one attached hydrogen (secondary N) is 2. The van der Waals surface area contributed by atoms with Gasteiger partial charge in [-0.15, -0.1) is 0 Å². The SMILES string of the molecule is O=C(NCC1CCCCN1)c1ccc2ccccc2n1. The highest BCUT2D eigenvalue weighted by molar-refractivity contribution is 5.94. The molecule has 0 spiro atoms. The molecule has 0 saturated carbocycles. The molecule has 1 aliphatic rings. The standard InChI is InChI=1S/C16H19N3O/c20-16(18-11-13-6-3-4-10-17-13)15-9-8-12-5-1-2-7-14(12)19-15/h1-2,5,7-9,13,17H,3-4,6,10-11H2,(H,18,20). The monoisotopic (exact) mass is 269 g/mol. The molecule has 2 aromatic rings. The maximum absolute atomic E-state index is 12.1. The first-order valence-corrected chi connectivity index (χ1v) is 7.20. The van der Waals surface area contributed by atoms with E-state index in [-0.39, 0.29) is 5.91 Å². The Kier molecular flexibility index (Phi) is 3.92. The molecule has 20 heavy (non-hydrogen) atoms. The van der Waals surface area contributed by atoms with Crippen molar-refractivity contribution in [3.8, 4) is 0 Å². The van der Waals surface area contributed by atoms with E-state index in [2.05, 4.69) is 15.6 Å². The van der Waals surface area contributed by atoms with Crippen LogP contribution in [0, 0.1) is 0 Å². The number of rotatable bonds is 3. The number of pyridine rings is 1. The molecule has 0 radical (unpaired) electrons. The smallest absolute Gasteiger partial charge is 0.269 e. The number of fused-ring (bicyclic) bond motifs is 1. The molecule has 1 amide bonds. The third-order valence-electron chi connectivity index (χ3n) is 3.75. The summed E-state index contributed by atoms with van der Waals surface area (Å²) in [6.07, 6.45) is 3.60. The fraction of sp³-hybridized carbons (Fsp3) is 0.375. The summed E-state index contributed by atoms with van der Waals surface area (Å²) < 4.78 is 0. The predicted molar refractivity (Wildman–Crippen MR) is 79.7 cm³/mol. The molecule has 4 nitrogen and oxygen atoms in total. The van der Waals surface area contributed by atoms with Gasteiger partial charge in [-0.2, -0.15) is 0 Å². The molecular weight excluding hydrogens is 250 g/mol. The van der Waals surface area contributed by atoms with Crippen LogP contribution in [0.5, 0.6) is 0 Å². The molecular formula is C16H19N3O. The molecule has 1 aromatic heterocycles. The Hall–Kier alpha value is -1.94. The lowest BCUT2D eigenvalue weighted by Gasteiger charge is -2.23. The van der Waals surface area contributed by atoms with Gasteiger partial charge < -0.3 is 10.6 Å². The first kappa shape index (κ1) is 13.1. The van der Waals surface area contributed by atoms with Gasteiger partial charge in [-0.3, -0.25) is 4.79 Å². The highest BCUT2D eigenvalue weighted by atomic mass is 16.1. The van der Waals surface area contributed by atoms with Gasteiger partial charge in [-0.25, -0.2) is 4.98 Å². The van der Waals surface area contributed by atoms with Crippen molar-refractivity contribution >= 4 is 16.8 Å². The van der Waals surface area contributed by atoms with Crippen molar-refractivity contribution in [2.45, 2.75) is 25.3 Å². The summed E-state index contributed by atoms with van der Waals surface area (Å²) in [5.74, 6) is -0.0943. The van der Waals surface area contributed by atoms with Crippen LogP contribution in [0.25, 0.3) is 10.9 Å². The number of nitrogens with zero attached hydrogens (tertiary/aromatic N) is 1. The van der Waals surface area contributed by atoms with E-state index in [0.717, 1.165) is 23.9 Å². The van der Waals surface area contributed by atoms with E-state index in [0.29, 0.717) is 18.3 Å². The third-order valence-corrected chi connectivity index (χ3v) is 3.75. The van der Waals surface area contributed by atoms with Crippen LogP contribution in [0.1, 0.15) is 29.8 Å². The summed E-state index contributed by atoms with van der Waals surface area (Å²) in [6.45, 7) is 1.72. The van der Waals surface area contributed by atoms with Gasteiger partial charge in [0.1, 0.15) is 5.69 Å². The summed E-state index contributed by atoms with van der Waals surface area (Å²) in [5.41, 5.74) is 1.34. The molecule has 1 aromatic carbocycles. The van der Waals surface area contributed by atoms with Gasteiger partial charge in [-0.1, -0.05) is 30.7 Å². The Labute approximate surface area is 118 Å². The zero-order chi connectivity index (χ0) is 13.8. The number of amides is 1. The number of piperidine rings is 1. The number of carbonyl (C=O) groups excluding carboxylic acids is 1. The molecule has 104 valence electrons. The van der Waals surface area contributed by atoms with Crippen LogP contribution in [0.3, 0.4) is 0 Å². The van der Waals surface area contributed by atoms with E-state index < -0.39 is 0 Å². The topological polar surface area (TPSA) is 54.0 Å². The van der Waals surface area contributed by atoms with Gasteiger partial charge in [0.25, 0.3) is 5.91 Å². The van der Waals surface area contributed by atoms with Crippen LogP contribution >= 0.6 is 0 Å². The molecule has 0 bridgehead atoms. The van der Waals surface area contributed by atoms with Crippen molar-refractivity contribution in [1.82, 2.24) is 15.6 Å². The Morgan fingerprint density at radius 3 is 3.00 bits per heavy atom. The second-order valence-electron chi connectivity index (χ2n) is 5.25. The molecule has 1 atom stereocenters. The lowest BCUT2D eigenvalue weighted by molar-refractivity contribution is 0.0943. The molecule has 1 saturated heterocycles. The van der Waals surface area contributed by atoms with Crippen LogP contribution in [0.15, 0.2) is 36.4 Å². The number of aromatic nitrogens is 1. The zero-order valence-electron chi connectivity index (χ0n) is 11.4. The minimum Gasteiger partial charge on any atom is -0.349 e. The molecule has 2 heterocycles. The van der Waals surface area contributed by atoms with Crippen LogP contribution < -0.4 is 10.6 Å². The molecule has 1 unspecified atom stereocenters. The second-order valence-corrected chi connectivity index (χ2v) is 5.25. The molecule has 3 rings (SSSR count). The van der Waals surface area contributed by atoms with Gasteiger partial charge in [0, 0.05) is 18.0 Å². The van der Waals surface area contributed by atoms with Crippen LogP contribution in [0.2, 0.25) is 0 Å². The first-order valence-electron chi connectivity index (χ1n) is 7.20. The fourth-order valence-electron chi connectivity index (χ4n) is 2.60. The van der Waals surface area contributed by atoms with Crippen LogP contribution in [0.4, 0.5) is 0 Å².